The number of H-pyrrole nitrogens is 1. The summed E-state index contributed by atoms with van der Waals surface area (Å²) in [6.45, 7) is -0.646. The Bertz CT molecular complexity index is 1640. The predicted molar refractivity (Wildman–Crippen MR) is 142 cm³/mol. The number of nitrogens with zero attached hydrogens (tertiary/aromatic N) is 5. The van der Waals surface area contributed by atoms with Gasteiger partial charge >= 0.3 is 0 Å². The van der Waals surface area contributed by atoms with Crippen molar-refractivity contribution in [3.05, 3.63) is 48.2 Å². The topological polar surface area (TPSA) is 200 Å². The molecule has 4 heterocycles. The molecule has 1 aliphatic heterocycles. The second-order valence-corrected chi connectivity index (χ2v) is 11.9. The molecule has 41 heavy (non-hydrogen) atoms. The molecule has 4 aromatic rings. The molecule has 218 valence electrons. The molecule has 0 radical (unpaired) electrons. The Morgan fingerprint density at radius 2 is 1.88 bits per heavy atom. The number of ether oxygens (including phenoxy) is 1. The number of rotatable bonds is 9. The third-order valence-electron chi connectivity index (χ3n) is 7.42. The van der Waals surface area contributed by atoms with Crippen LogP contribution in [0.5, 0.6) is 0 Å². The van der Waals surface area contributed by atoms with Gasteiger partial charge in [0.25, 0.3) is 0 Å². The van der Waals surface area contributed by atoms with Crippen LogP contribution in [0.4, 0.5) is 10.2 Å². The highest BCUT2D eigenvalue weighted by Gasteiger charge is 2.44. The summed E-state index contributed by atoms with van der Waals surface area (Å²) in [4.78, 5) is 13.7. The van der Waals surface area contributed by atoms with E-state index in [0.29, 0.717) is 16.9 Å². The Hall–Kier alpha value is -3.54. The van der Waals surface area contributed by atoms with Gasteiger partial charge in [0, 0.05) is 24.3 Å². The molecule has 4 atom stereocenters. The van der Waals surface area contributed by atoms with Crippen LogP contribution in [0.15, 0.2) is 41.7 Å². The summed E-state index contributed by atoms with van der Waals surface area (Å²) in [7, 11) is -3.95. The van der Waals surface area contributed by atoms with Gasteiger partial charge in [-0.05, 0) is 37.1 Å². The number of nitrogens with one attached hydrogen (secondary N) is 3. The second kappa shape index (κ2) is 11.0. The first kappa shape index (κ1) is 27.6. The third kappa shape index (κ3) is 5.29. The molecule has 14 nitrogen and oxygen atoms in total. The lowest BCUT2D eigenvalue weighted by atomic mass is 10.1. The smallest absolute Gasteiger partial charge is 0.240 e. The number of aromatic amines is 1. The Kier molecular flexibility index (Phi) is 7.43. The number of benzene rings is 1. The maximum Gasteiger partial charge on any atom is 0.240 e. The van der Waals surface area contributed by atoms with Crippen LogP contribution in [0, 0.1) is 5.82 Å². The van der Waals surface area contributed by atoms with E-state index in [0.717, 1.165) is 37.8 Å². The highest BCUT2D eigenvalue weighted by molar-refractivity contribution is 7.89. The Morgan fingerprint density at radius 3 is 2.59 bits per heavy atom. The van der Waals surface area contributed by atoms with Crippen molar-refractivity contribution in [2.45, 2.75) is 67.7 Å². The number of anilines is 1. The van der Waals surface area contributed by atoms with Gasteiger partial charge in [0.2, 0.25) is 10.0 Å². The lowest BCUT2D eigenvalue weighted by molar-refractivity contribution is -0.0511. The molecule has 6 N–H and O–H groups in total. The summed E-state index contributed by atoms with van der Waals surface area (Å²) < 4.78 is 48.5. The Balaban J connectivity index is 1.36. The summed E-state index contributed by atoms with van der Waals surface area (Å²) in [5, 5.41) is 40.9. The van der Waals surface area contributed by atoms with E-state index in [1.807, 2.05) is 0 Å². The lowest BCUT2D eigenvalue weighted by Crippen LogP contribution is -2.33. The van der Waals surface area contributed by atoms with Gasteiger partial charge in [-0.1, -0.05) is 12.8 Å². The Labute approximate surface area is 233 Å². The van der Waals surface area contributed by atoms with Gasteiger partial charge in [0.15, 0.2) is 29.0 Å². The minimum absolute atomic E-state index is 0.0907. The number of hydrogen-bond acceptors (Lipinski definition) is 11. The van der Waals surface area contributed by atoms with Crippen LogP contribution >= 0.6 is 0 Å². The molecule has 0 bridgehead atoms. The lowest BCUT2D eigenvalue weighted by Gasteiger charge is -2.18. The van der Waals surface area contributed by atoms with Crippen LogP contribution in [-0.4, -0.2) is 84.4 Å². The molecule has 1 aliphatic carbocycles. The van der Waals surface area contributed by atoms with Crippen molar-refractivity contribution in [3.8, 4) is 11.5 Å². The maximum absolute atomic E-state index is 13.3. The van der Waals surface area contributed by atoms with E-state index in [-0.39, 0.29) is 34.6 Å². The average Bonchev–Trinajstić information content (AvgIpc) is 3.76. The summed E-state index contributed by atoms with van der Waals surface area (Å²) in [6, 6.07) is 4.64. The minimum Gasteiger partial charge on any atom is -0.394 e. The zero-order valence-corrected chi connectivity index (χ0v) is 22.5. The number of sulfonamides is 1. The number of imidazole rings is 1. The highest BCUT2D eigenvalue weighted by Crippen LogP contribution is 2.34. The summed E-state index contributed by atoms with van der Waals surface area (Å²) in [5.41, 5.74) is 1.41. The van der Waals surface area contributed by atoms with Crippen molar-refractivity contribution < 1.29 is 32.9 Å². The number of hydrogen-bond donors (Lipinski definition) is 6. The number of halogens is 1. The minimum atomic E-state index is -3.95. The molecule has 0 amide bonds. The van der Waals surface area contributed by atoms with Gasteiger partial charge in [0.1, 0.15) is 29.8 Å². The van der Waals surface area contributed by atoms with Crippen LogP contribution in [0.2, 0.25) is 0 Å². The van der Waals surface area contributed by atoms with Crippen LogP contribution < -0.4 is 10.0 Å². The third-order valence-corrected chi connectivity index (χ3v) is 8.83. The van der Waals surface area contributed by atoms with E-state index in [1.54, 1.807) is 0 Å². The SMILES string of the molecule is O=S(=O)(NCc1c[nH]nc1-c1nc(NC2CCCC2)c2ncn([C@@H]3O[C@H](CO)C(O)C3O)c2n1)c1ccc(F)cc1. The van der Waals surface area contributed by atoms with Gasteiger partial charge < -0.3 is 25.4 Å². The molecule has 0 spiro atoms. The first-order valence-electron chi connectivity index (χ1n) is 13.2. The van der Waals surface area contributed by atoms with Gasteiger partial charge in [-0.2, -0.15) is 5.10 Å². The van der Waals surface area contributed by atoms with Gasteiger partial charge in [-0.15, -0.1) is 0 Å². The number of aliphatic hydroxyl groups is 3. The quantitative estimate of drug-likeness (QED) is 0.162. The van der Waals surface area contributed by atoms with Crippen LogP contribution in [0.3, 0.4) is 0 Å². The van der Waals surface area contributed by atoms with E-state index in [4.69, 9.17) is 9.72 Å². The predicted octanol–water partition coefficient (Wildman–Crippen LogP) is 0.800. The van der Waals surface area contributed by atoms with Crippen molar-refractivity contribution in [2.24, 2.45) is 0 Å². The fourth-order valence-corrected chi connectivity index (χ4v) is 6.20. The van der Waals surface area contributed by atoms with Crippen molar-refractivity contribution in [1.29, 1.82) is 0 Å². The number of aromatic nitrogens is 6. The largest absolute Gasteiger partial charge is 0.394 e. The first-order chi connectivity index (χ1) is 19.7. The van der Waals surface area contributed by atoms with E-state index < -0.39 is 47.0 Å². The number of aliphatic hydroxyl groups excluding tert-OH is 3. The van der Waals surface area contributed by atoms with Gasteiger partial charge in [-0.25, -0.2) is 32.5 Å². The van der Waals surface area contributed by atoms with E-state index in [9.17, 15) is 28.1 Å². The summed E-state index contributed by atoms with van der Waals surface area (Å²) in [5.74, 6) is 0.0405. The summed E-state index contributed by atoms with van der Waals surface area (Å²) in [6.07, 6.45) is 2.27. The molecule has 2 unspecified atom stereocenters. The van der Waals surface area contributed by atoms with E-state index in [1.165, 1.54) is 29.2 Å². The zero-order valence-electron chi connectivity index (χ0n) is 21.7. The molecule has 16 heteroatoms. The monoisotopic (exact) mass is 588 g/mol. The first-order valence-corrected chi connectivity index (χ1v) is 14.7. The molecular weight excluding hydrogens is 559 g/mol. The van der Waals surface area contributed by atoms with Crippen molar-refractivity contribution in [3.63, 3.8) is 0 Å². The van der Waals surface area contributed by atoms with Crippen LogP contribution in [0.25, 0.3) is 22.7 Å². The zero-order chi connectivity index (χ0) is 28.7. The van der Waals surface area contributed by atoms with Crippen molar-refractivity contribution >= 4 is 27.0 Å². The molecule has 2 fully saturated rings. The van der Waals surface area contributed by atoms with Crippen LogP contribution in [0.1, 0.15) is 37.5 Å². The second-order valence-electron chi connectivity index (χ2n) is 10.1. The van der Waals surface area contributed by atoms with Gasteiger partial charge in [-0.3, -0.25) is 9.67 Å². The fraction of sp³-hybridized carbons (Fsp3) is 0.440. The average molecular weight is 589 g/mol. The van der Waals surface area contributed by atoms with Crippen molar-refractivity contribution in [1.82, 2.24) is 34.4 Å². The molecule has 2 aliphatic rings. The Morgan fingerprint density at radius 1 is 1.12 bits per heavy atom. The molecule has 1 saturated carbocycles. The van der Waals surface area contributed by atoms with Crippen molar-refractivity contribution in [2.75, 3.05) is 11.9 Å². The van der Waals surface area contributed by atoms with E-state index in [2.05, 4.69) is 30.2 Å². The van der Waals surface area contributed by atoms with Gasteiger partial charge in [0.05, 0.1) is 17.8 Å². The molecule has 6 rings (SSSR count). The molecule has 1 aromatic carbocycles. The molecule has 1 saturated heterocycles. The molecule has 3 aromatic heterocycles. The maximum atomic E-state index is 13.3. The standard InChI is InChI=1S/C25H29FN8O6S/c26-14-5-7-16(8-6-14)41(38,39)29-10-13-9-28-33-18(13)22-31-23(30-15-3-1-2-4-15)19-24(32-22)34(12-27-19)25-21(37)20(36)17(11-35)40-25/h5-9,12,15,17,20-21,25,29,35-37H,1-4,10-11H2,(H,28,33)(H,30,31,32)/t17-,20?,21?,25-/m1/s1. The van der Waals surface area contributed by atoms with Crippen LogP contribution in [-0.2, 0) is 21.3 Å². The molecular formula is C25H29FN8O6S. The summed E-state index contributed by atoms with van der Waals surface area (Å²) >= 11 is 0. The number of fused-ring (bicyclic) bond motifs is 1. The normalized spacial score (nSPS) is 23.5. The fourth-order valence-electron chi connectivity index (χ4n) is 5.20. The highest BCUT2D eigenvalue weighted by atomic mass is 32.2. The van der Waals surface area contributed by atoms with E-state index >= 15 is 0 Å².